The standard InChI is InChI=1S/C27H28O4/c1-16(2)11-12-19-13-14-22-23(15-19)25(31-27(29)18(5)6)21-10-8-7-9-20(21)24(22)30-26(28)17(3)4/h7-10,13-16H,3,5,11-12H2,1-2,4,6H3. The highest BCUT2D eigenvalue weighted by Gasteiger charge is 2.21. The molecular weight excluding hydrogens is 388 g/mol. The molecule has 0 N–H and O–H groups in total. The van der Waals surface area contributed by atoms with Crippen LogP contribution in [0.5, 0.6) is 11.5 Å². The van der Waals surface area contributed by atoms with Gasteiger partial charge in [0.05, 0.1) is 0 Å². The van der Waals surface area contributed by atoms with E-state index in [0.717, 1.165) is 23.8 Å². The van der Waals surface area contributed by atoms with Crippen LogP contribution in [-0.4, -0.2) is 11.9 Å². The number of carbonyl (C=O) groups excluding carboxylic acids is 2. The van der Waals surface area contributed by atoms with Crippen LogP contribution in [0.15, 0.2) is 66.8 Å². The Hall–Kier alpha value is -3.40. The van der Waals surface area contributed by atoms with Crippen molar-refractivity contribution in [3.63, 3.8) is 0 Å². The maximum Gasteiger partial charge on any atom is 0.338 e. The molecule has 4 nitrogen and oxygen atoms in total. The van der Waals surface area contributed by atoms with Crippen molar-refractivity contribution < 1.29 is 19.1 Å². The maximum absolute atomic E-state index is 12.4. The molecule has 0 radical (unpaired) electrons. The summed E-state index contributed by atoms with van der Waals surface area (Å²) in [5.74, 6) is 0.456. The SMILES string of the molecule is C=C(C)C(=O)Oc1c2ccccc2c(OC(=O)C(=C)C)c2cc(CCC(C)C)ccc12. The minimum absolute atomic E-state index is 0.309. The summed E-state index contributed by atoms with van der Waals surface area (Å²) in [5, 5.41) is 2.80. The van der Waals surface area contributed by atoms with Crippen molar-refractivity contribution in [1.29, 1.82) is 0 Å². The van der Waals surface area contributed by atoms with Crippen LogP contribution in [0.25, 0.3) is 21.5 Å². The van der Waals surface area contributed by atoms with Crippen LogP contribution in [0.1, 0.15) is 39.7 Å². The van der Waals surface area contributed by atoms with Crippen molar-refractivity contribution in [2.75, 3.05) is 0 Å². The Bertz CT molecular complexity index is 1200. The molecule has 0 aliphatic carbocycles. The molecule has 3 aromatic rings. The molecule has 4 heteroatoms. The molecule has 0 fully saturated rings. The fourth-order valence-corrected chi connectivity index (χ4v) is 3.34. The van der Waals surface area contributed by atoms with E-state index in [4.69, 9.17) is 9.47 Å². The molecule has 3 aromatic carbocycles. The van der Waals surface area contributed by atoms with Gasteiger partial charge in [-0.2, -0.15) is 0 Å². The predicted octanol–water partition coefficient (Wildman–Crippen LogP) is 6.54. The van der Waals surface area contributed by atoms with E-state index in [1.165, 1.54) is 0 Å². The quantitative estimate of drug-likeness (QED) is 0.190. The largest absolute Gasteiger partial charge is 0.422 e. The third-order valence-electron chi connectivity index (χ3n) is 5.09. The molecule has 0 atom stereocenters. The average molecular weight is 417 g/mol. The van der Waals surface area contributed by atoms with Crippen molar-refractivity contribution in [3.8, 4) is 11.5 Å². The van der Waals surface area contributed by atoms with Gasteiger partial charge in [-0.25, -0.2) is 9.59 Å². The van der Waals surface area contributed by atoms with Gasteiger partial charge in [0.2, 0.25) is 0 Å². The van der Waals surface area contributed by atoms with Gasteiger partial charge in [0, 0.05) is 32.7 Å². The Morgan fingerprint density at radius 1 is 0.806 bits per heavy atom. The fraction of sp³-hybridized carbons (Fsp3) is 0.259. The van der Waals surface area contributed by atoms with E-state index in [2.05, 4.69) is 27.0 Å². The van der Waals surface area contributed by atoms with Crippen LogP contribution in [0.2, 0.25) is 0 Å². The molecule has 0 heterocycles. The molecule has 0 bridgehead atoms. The van der Waals surface area contributed by atoms with Gasteiger partial charge in [-0.15, -0.1) is 0 Å². The molecule has 0 saturated carbocycles. The highest BCUT2D eigenvalue weighted by atomic mass is 16.5. The first-order valence-corrected chi connectivity index (χ1v) is 10.4. The van der Waals surface area contributed by atoms with Gasteiger partial charge in [0.15, 0.2) is 0 Å². The second kappa shape index (κ2) is 9.17. The zero-order chi connectivity index (χ0) is 22.7. The van der Waals surface area contributed by atoms with Crippen LogP contribution in [0.3, 0.4) is 0 Å². The molecule has 3 rings (SSSR count). The number of ether oxygens (including phenoxy) is 2. The van der Waals surface area contributed by atoms with Gasteiger partial charge in [0.25, 0.3) is 0 Å². The zero-order valence-corrected chi connectivity index (χ0v) is 18.6. The number of fused-ring (bicyclic) bond motifs is 2. The Kier molecular flexibility index (Phi) is 6.59. The fourth-order valence-electron chi connectivity index (χ4n) is 3.34. The lowest BCUT2D eigenvalue weighted by atomic mass is 9.96. The lowest BCUT2D eigenvalue weighted by molar-refractivity contribution is -0.130. The maximum atomic E-state index is 12.4. The molecular formula is C27H28O4. The number of esters is 2. The number of hydrogen-bond acceptors (Lipinski definition) is 4. The summed E-state index contributed by atoms with van der Waals surface area (Å²) in [7, 11) is 0. The Labute approximate surface area is 183 Å². The monoisotopic (exact) mass is 416 g/mol. The summed E-state index contributed by atoms with van der Waals surface area (Å²) in [6, 6.07) is 13.4. The molecule has 0 saturated heterocycles. The van der Waals surface area contributed by atoms with Crippen molar-refractivity contribution >= 4 is 33.5 Å². The second-order valence-corrected chi connectivity index (χ2v) is 8.36. The van der Waals surface area contributed by atoms with Crippen LogP contribution in [0, 0.1) is 5.92 Å². The number of hydrogen-bond donors (Lipinski definition) is 0. The summed E-state index contributed by atoms with van der Waals surface area (Å²) in [6.07, 6.45) is 1.94. The predicted molar refractivity (Wildman–Crippen MR) is 126 cm³/mol. The first kappa shape index (κ1) is 22.3. The number of aryl methyl sites for hydroxylation is 1. The smallest absolute Gasteiger partial charge is 0.338 e. The van der Waals surface area contributed by atoms with Gasteiger partial charge in [0.1, 0.15) is 11.5 Å². The van der Waals surface area contributed by atoms with Gasteiger partial charge in [-0.3, -0.25) is 0 Å². The van der Waals surface area contributed by atoms with Crippen molar-refractivity contribution in [1.82, 2.24) is 0 Å². The minimum atomic E-state index is -0.498. The van der Waals surface area contributed by atoms with Crippen LogP contribution >= 0.6 is 0 Å². The normalized spacial score (nSPS) is 11.0. The molecule has 0 aliphatic rings. The first-order chi connectivity index (χ1) is 14.7. The molecule has 0 amide bonds. The second-order valence-electron chi connectivity index (χ2n) is 8.36. The summed E-state index contributed by atoms with van der Waals surface area (Å²) in [5.41, 5.74) is 1.75. The van der Waals surface area contributed by atoms with E-state index >= 15 is 0 Å². The van der Waals surface area contributed by atoms with E-state index in [9.17, 15) is 9.59 Å². The Morgan fingerprint density at radius 2 is 1.29 bits per heavy atom. The van der Waals surface area contributed by atoms with Crippen LogP contribution in [0.4, 0.5) is 0 Å². The summed E-state index contributed by atoms with van der Waals surface area (Å²) in [6.45, 7) is 15.0. The van der Waals surface area contributed by atoms with E-state index < -0.39 is 11.9 Å². The van der Waals surface area contributed by atoms with E-state index in [0.29, 0.717) is 44.7 Å². The number of rotatable bonds is 7. The third kappa shape index (κ3) is 4.85. The summed E-state index contributed by atoms with van der Waals surface area (Å²) >= 11 is 0. The zero-order valence-electron chi connectivity index (χ0n) is 18.6. The molecule has 0 aliphatic heterocycles. The molecule has 0 unspecified atom stereocenters. The van der Waals surface area contributed by atoms with Crippen LogP contribution < -0.4 is 9.47 Å². The highest BCUT2D eigenvalue weighted by molar-refractivity contribution is 6.13. The number of benzene rings is 3. The highest BCUT2D eigenvalue weighted by Crippen LogP contribution is 2.43. The van der Waals surface area contributed by atoms with Gasteiger partial charge >= 0.3 is 11.9 Å². The van der Waals surface area contributed by atoms with E-state index in [1.54, 1.807) is 13.8 Å². The number of carbonyl (C=O) groups is 2. The topological polar surface area (TPSA) is 52.6 Å². The lowest BCUT2D eigenvalue weighted by Gasteiger charge is -2.17. The molecule has 0 aromatic heterocycles. The first-order valence-electron chi connectivity index (χ1n) is 10.4. The van der Waals surface area contributed by atoms with Crippen molar-refractivity contribution in [2.24, 2.45) is 5.92 Å². The van der Waals surface area contributed by atoms with Gasteiger partial charge in [-0.1, -0.05) is 63.4 Å². The van der Waals surface area contributed by atoms with Crippen LogP contribution in [-0.2, 0) is 16.0 Å². The molecule has 0 spiro atoms. The molecule has 160 valence electrons. The summed E-state index contributed by atoms with van der Waals surface area (Å²) in [4.78, 5) is 24.8. The summed E-state index contributed by atoms with van der Waals surface area (Å²) < 4.78 is 11.5. The van der Waals surface area contributed by atoms with Crippen molar-refractivity contribution in [2.45, 2.75) is 40.5 Å². The Morgan fingerprint density at radius 3 is 1.77 bits per heavy atom. The third-order valence-corrected chi connectivity index (χ3v) is 5.09. The Balaban J connectivity index is 2.32. The van der Waals surface area contributed by atoms with Gasteiger partial charge < -0.3 is 9.47 Å². The van der Waals surface area contributed by atoms with Gasteiger partial charge in [-0.05, 0) is 44.2 Å². The van der Waals surface area contributed by atoms with E-state index in [-0.39, 0.29) is 0 Å². The molecule has 31 heavy (non-hydrogen) atoms. The minimum Gasteiger partial charge on any atom is -0.422 e. The lowest BCUT2D eigenvalue weighted by Crippen LogP contribution is -2.11. The van der Waals surface area contributed by atoms with E-state index in [1.807, 2.05) is 42.5 Å². The van der Waals surface area contributed by atoms with Crippen molar-refractivity contribution in [3.05, 3.63) is 72.3 Å². The average Bonchev–Trinajstić information content (AvgIpc) is 2.73.